The Kier molecular flexibility index (Phi) is 5.50. The van der Waals surface area contributed by atoms with Crippen LogP contribution in [0, 0.1) is 0 Å². The number of hydrogen-bond donors (Lipinski definition) is 0. The highest BCUT2D eigenvalue weighted by Crippen LogP contribution is 2.22. The first-order chi connectivity index (χ1) is 8.89. The van der Waals surface area contributed by atoms with Gasteiger partial charge in [-0.1, -0.05) is 30.3 Å². The molecule has 0 spiro atoms. The van der Waals surface area contributed by atoms with Crippen molar-refractivity contribution in [3.8, 4) is 0 Å². The fraction of sp³-hybridized carbons (Fsp3) is 0.462. The summed E-state index contributed by atoms with van der Waals surface area (Å²) in [6, 6.07) is 8.63. The van der Waals surface area contributed by atoms with Gasteiger partial charge in [-0.2, -0.15) is 8.42 Å². The highest BCUT2D eigenvalue weighted by Gasteiger charge is 2.28. The van der Waals surface area contributed by atoms with E-state index in [0.717, 1.165) is 6.26 Å². The minimum absolute atomic E-state index is 0.346. The van der Waals surface area contributed by atoms with Gasteiger partial charge in [0.05, 0.1) is 6.26 Å². The molecule has 0 aliphatic heterocycles. The van der Waals surface area contributed by atoms with Gasteiger partial charge in [0.15, 0.2) is 6.10 Å². The Balaban J connectivity index is 3.09. The number of likely N-dealkylation sites (N-methyl/N-ethyl adjacent to an activating group) is 1. The molecule has 1 aromatic rings. The van der Waals surface area contributed by atoms with E-state index in [0.29, 0.717) is 18.7 Å². The summed E-state index contributed by atoms with van der Waals surface area (Å²) in [6.07, 6.45) is -0.172. The summed E-state index contributed by atoms with van der Waals surface area (Å²) in [4.78, 5) is 13.9. The zero-order chi connectivity index (χ0) is 14.5. The fourth-order valence-corrected chi connectivity index (χ4v) is 2.29. The molecule has 0 bridgehead atoms. The van der Waals surface area contributed by atoms with Gasteiger partial charge in [0.2, 0.25) is 0 Å². The van der Waals surface area contributed by atoms with Crippen LogP contribution < -0.4 is 0 Å². The lowest BCUT2D eigenvalue weighted by Crippen LogP contribution is -2.36. The molecule has 6 heteroatoms. The van der Waals surface area contributed by atoms with E-state index in [1.165, 1.54) is 0 Å². The van der Waals surface area contributed by atoms with Crippen LogP contribution in [0.15, 0.2) is 30.3 Å². The van der Waals surface area contributed by atoms with Crippen molar-refractivity contribution in [1.29, 1.82) is 0 Å². The Hall–Kier alpha value is -1.40. The molecule has 1 unspecified atom stereocenters. The Bertz CT molecular complexity index is 509. The highest BCUT2D eigenvalue weighted by molar-refractivity contribution is 7.86. The van der Waals surface area contributed by atoms with Gasteiger partial charge in [-0.3, -0.25) is 8.98 Å². The van der Waals surface area contributed by atoms with Gasteiger partial charge in [0, 0.05) is 13.1 Å². The third kappa shape index (κ3) is 4.65. The molecule has 0 saturated heterocycles. The molecule has 0 aliphatic rings. The van der Waals surface area contributed by atoms with Crippen molar-refractivity contribution in [1.82, 2.24) is 4.90 Å². The summed E-state index contributed by atoms with van der Waals surface area (Å²) in [5.41, 5.74) is 0.532. The van der Waals surface area contributed by atoms with Crippen molar-refractivity contribution in [2.24, 2.45) is 0 Å². The molecule has 1 rings (SSSR count). The first-order valence-corrected chi connectivity index (χ1v) is 7.92. The van der Waals surface area contributed by atoms with Crippen LogP contribution in [0.1, 0.15) is 25.5 Å². The molecule has 0 radical (unpaired) electrons. The van der Waals surface area contributed by atoms with Gasteiger partial charge in [-0.25, -0.2) is 0 Å². The monoisotopic (exact) mass is 285 g/mol. The zero-order valence-electron chi connectivity index (χ0n) is 11.4. The van der Waals surface area contributed by atoms with Crippen LogP contribution in [0.3, 0.4) is 0 Å². The van der Waals surface area contributed by atoms with E-state index in [1.54, 1.807) is 35.2 Å². The van der Waals surface area contributed by atoms with E-state index in [1.807, 2.05) is 13.8 Å². The maximum absolute atomic E-state index is 12.3. The molecule has 1 atom stereocenters. The second-order valence-corrected chi connectivity index (χ2v) is 5.70. The molecule has 0 aromatic heterocycles. The van der Waals surface area contributed by atoms with Crippen LogP contribution in [0.2, 0.25) is 0 Å². The standard InChI is InChI=1S/C13H19NO4S/c1-4-14(5-2)13(15)12(18-19(3,16)17)11-9-7-6-8-10-11/h6-10,12H,4-5H2,1-3H3. The molecule has 1 amide bonds. The van der Waals surface area contributed by atoms with Crippen LogP contribution >= 0.6 is 0 Å². The number of benzene rings is 1. The summed E-state index contributed by atoms with van der Waals surface area (Å²) in [5, 5.41) is 0. The SMILES string of the molecule is CCN(CC)C(=O)C(OS(C)(=O)=O)c1ccccc1. The highest BCUT2D eigenvalue weighted by atomic mass is 32.2. The normalized spacial score (nSPS) is 13.0. The van der Waals surface area contributed by atoms with E-state index in [2.05, 4.69) is 0 Å². The third-order valence-corrected chi connectivity index (χ3v) is 3.21. The molecule has 0 N–H and O–H groups in total. The quantitative estimate of drug-likeness (QED) is 0.744. The van der Waals surface area contributed by atoms with E-state index in [9.17, 15) is 13.2 Å². The number of carbonyl (C=O) groups is 1. The Labute approximate surface area is 114 Å². The number of carbonyl (C=O) groups excluding carboxylic acids is 1. The molecular weight excluding hydrogens is 266 g/mol. The molecule has 0 heterocycles. The predicted molar refractivity (Wildman–Crippen MR) is 73.0 cm³/mol. The van der Waals surface area contributed by atoms with Crippen molar-refractivity contribution in [3.63, 3.8) is 0 Å². The molecule has 19 heavy (non-hydrogen) atoms. The van der Waals surface area contributed by atoms with Crippen LogP contribution in [-0.2, 0) is 19.1 Å². The molecule has 0 fully saturated rings. The fourth-order valence-electron chi connectivity index (χ4n) is 1.74. The molecule has 0 aliphatic carbocycles. The van der Waals surface area contributed by atoms with Gasteiger partial charge in [0.25, 0.3) is 16.0 Å². The van der Waals surface area contributed by atoms with Crippen molar-refractivity contribution in [2.75, 3.05) is 19.3 Å². The molecule has 5 nitrogen and oxygen atoms in total. The van der Waals surface area contributed by atoms with Gasteiger partial charge in [-0.05, 0) is 19.4 Å². The first kappa shape index (κ1) is 15.7. The van der Waals surface area contributed by atoms with Crippen LogP contribution in [-0.4, -0.2) is 38.6 Å². The lowest BCUT2D eigenvalue weighted by atomic mass is 10.1. The van der Waals surface area contributed by atoms with Crippen LogP contribution in [0.25, 0.3) is 0 Å². The molecule has 106 valence electrons. The number of hydrogen-bond acceptors (Lipinski definition) is 4. The van der Waals surface area contributed by atoms with Gasteiger partial charge in [0.1, 0.15) is 0 Å². The smallest absolute Gasteiger partial charge is 0.265 e. The lowest BCUT2D eigenvalue weighted by Gasteiger charge is -2.24. The molecule has 1 aromatic carbocycles. The van der Waals surface area contributed by atoms with Crippen molar-refractivity contribution >= 4 is 16.0 Å². The maximum atomic E-state index is 12.3. The average Bonchev–Trinajstić information content (AvgIpc) is 2.37. The lowest BCUT2D eigenvalue weighted by molar-refractivity contribution is -0.138. The van der Waals surface area contributed by atoms with Crippen molar-refractivity contribution in [3.05, 3.63) is 35.9 Å². The van der Waals surface area contributed by atoms with E-state index >= 15 is 0 Å². The summed E-state index contributed by atoms with van der Waals surface area (Å²) in [5.74, 6) is -0.346. The summed E-state index contributed by atoms with van der Waals surface area (Å²) < 4.78 is 27.6. The van der Waals surface area contributed by atoms with Crippen molar-refractivity contribution in [2.45, 2.75) is 20.0 Å². The summed E-state index contributed by atoms with van der Waals surface area (Å²) in [7, 11) is -3.71. The van der Waals surface area contributed by atoms with Crippen molar-refractivity contribution < 1.29 is 17.4 Å². The minimum atomic E-state index is -3.71. The van der Waals surface area contributed by atoms with E-state index in [4.69, 9.17) is 4.18 Å². The molecular formula is C13H19NO4S. The Morgan fingerprint density at radius 2 is 1.74 bits per heavy atom. The topological polar surface area (TPSA) is 63.7 Å². The third-order valence-electron chi connectivity index (χ3n) is 2.67. The number of amides is 1. The number of rotatable bonds is 6. The first-order valence-electron chi connectivity index (χ1n) is 6.11. The van der Waals surface area contributed by atoms with Crippen LogP contribution in [0.5, 0.6) is 0 Å². The number of nitrogens with zero attached hydrogens (tertiary/aromatic N) is 1. The van der Waals surface area contributed by atoms with E-state index < -0.39 is 16.2 Å². The second kappa shape index (κ2) is 6.68. The summed E-state index contributed by atoms with van der Waals surface area (Å²) in [6.45, 7) is 4.69. The second-order valence-electron chi connectivity index (χ2n) is 4.10. The maximum Gasteiger partial charge on any atom is 0.265 e. The summed E-state index contributed by atoms with van der Waals surface area (Å²) >= 11 is 0. The zero-order valence-corrected chi connectivity index (χ0v) is 12.2. The minimum Gasteiger partial charge on any atom is -0.341 e. The largest absolute Gasteiger partial charge is 0.341 e. The van der Waals surface area contributed by atoms with Gasteiger partial charge < -0.3 is 4.90 Å². The predicted octanol–water partition coefficient (Wildman–Crippen LogP) is 1.57. The van der Waals surface area contributed by atoms with E-state index in [-0.39, 0.29) is 5.91 Å². The molecule has 0 saturated carbocycles. The van der Waals surface area contributed by atoms with Gasteiger partial charge in [-0.15, -0.1) is 0 Å². The van der Waals surface area contributed by atoms with Crippen LogP contribution in [0.4, 0.5) is 0 Å². The Morgan fingerprint density at radius 3 is 2.16 bits per heavy atom. The Morgan fingerprint density at radius 1 is 1.21 bits per heavy atom. The average molecular weight is 285 g/mol. The van der Waals surface area contributed by atoms with Gasteiger partial charge >= 0.3 is 0 Å².